The predicted molar refractivity (Wildman–Crippen MR) is 55.1 cm³/mol. The lowest BCUT2D eigenvalue weighted by Crippen LogP contribution is -2.29. The molecule has 3 nitrogen and oxygen atoms in total. The quantitative estimate of drug-likeness (QED) is 0.745. The van der Waals surface area contributed by atoms with Crippen molar-refractivity contribution < 1.29 is 9.47 Å². The molecule has 0 amide bonds. The average molecular weight is 199 g/mol. The molecule has 0 aliphatic carbocycles. The lowest BCUT2D eigenvalue weighted by Gasteiger charge is -2.27. The summed E-state index contributed by atoms with van der Waals surface area (Å²) in [4.78, 5) is 0. The van der Waals surface area contributed by atoms with E-state index in [-0.39, 0.29) is 0 Å². The number of hydrogen-bond donors (Lipinski definition) is 1. The summed E-state index contributed by atoms with van der Waals surface area (Å²) >= 11 is 0. The van der Waals surface area contributed by atoms with Crippen molar-refractivity contribution in [2.45, 2.75) is 44.3 Å². The molecule has 2 rings (SSSR count). The molecule has 0 aromatic carbocycles. The Bertz CT molecular complexity index is 169. The molecule has 0 aromatic rings. The van der Waals surface area contributed by atoms with Crippen LogP contribution in [0.4, 0.5) is 0 Å². The Hall–Kier alpha value is -0.120. The van der Waals surface area contributed by atoms with Crippen LogP contribution in [0.5, 0.6) is 0 Å². The van der Waals surface area contributed by atoms with Crippen molar-refractivity contribution in [2.24, 2.45) is 11.7 Å². The van der Waals surface area contributed by atoms with Gasteiger partial charge in [-0.05, 0) is 38.6 Å². The topological polar surface area (TPSA) is 44.5 Å². The van der Waals surface area contributed by atoms with Gasteiger partial charge in [0.1, 0.15) is 0 Å². The molecule has 0 saturated carbocycles. The third kappa shape index (κ3) is 2.47. The highest BCUT2D eigenvalue weighted by molar-refractivity contribution is 4.81. The maximum absolute atomic E-state index is 5.98. The lowest BCUT2D eigenvalue weighted by atomic mass is 9.94. The van der Waals surface area contributed by atoms with Crippen LogP contribution in [-0.2, 0) is 9.47 Å². The van der Waals surface area contributed by atoms with Crippen LogP contribution in [0.25, 0.3) is 0 Å². The van der Waals surface area contributed by atoms with Gasteiger partial charge in [0.15, 0.2) is 0 Å². The summed E-state index contributed by atoms with van der Waals surface area (Å²) in [6, 6.07) is 0. The van der Waals surface area contributed by atoms with Gasteiger partial charge in [-0.15, -0.1) is 0 Å². The fraction of sp³-hybridized carbons (Fsp3) is 1.00. The van der Waals surface area contributed by atoms with Crippen molar-refractivity contribution in [1.82, 2.24) is 0 Å². The largest absolute Gasteiger partial charge is 0.381 e. The van der Waals surface area contributed by atoms with Crippen LogP contribution >= 0.6 is 0 Å². The van der Waals surface area contributed by atoms with Gasteiger partial charge in [0.25, 0.3) is 0 Å². The van der Waals surface area contributed by atoms with E-state index < -0.39 is 0 Å². The summed E-state index contributed by atoms with van der Waals surface area (Å²) in [5.74, 6) is 0.645. The standard InChI is InChI=1S/C11H21NO2/c12-6-5-10-3-4-11(14-10)9-2-1-7-13-8-9/h9-11H,1-8,12H2. The van der Waals surface area contributed by atoms with Crippen molar-refractivity contribution in [3.05, 3.63) is 0 Å². The Morgan fingerprint density at radius 2 is 2.14 bits per heavy atom. The smallest absolute Gasteiger partial charge is 0.0630 e. The van der Waals surface area contributed by atoms with Gasteiger partial charge in [0, 0.05) is 12.5 Å². The Morgan fingerprint density at radius 1 is 1.21 bits per heavy atom. The molecule has 3 heteroatoms. The Morgan fingerprint density at radius 3 is 2.86 bits per heavy atom. The predicted octanol–water partition coefficient (Wildman–Crippen LogP) is 1.31. The minimum Gasteiger partial charge on any atom is -0.381 e. The average Bonchev–Trinajstić information content (AvgIpc) is 2.68. The third-order valence-electron chi connectivity index (χ3n) is 3.35. The summed E-state index contributed by atoms with van der Waals surface area (Å²) in [6.45, 7) is 2.59. The number of nitrogens with two attached hydrogens (primary N) is 1. The Kier molecular flexibility index (Phi) is 3.79. The Balaban J connectivity index is 1.76. The SMILES string of the molecule is NCCC1CCC(C2CCCOC2)O1. The van der Waals surface area contributed by atoms with Crippen LogP contribution in [0, 0.1) is 5.92 Å². The van der Waals surface area contributed by atoms with E-state index in [1.54, 1.807) is 0 Å². The molecule has 2 aliphatic heterocycles. The van der Waals surface area contributed by atoms with Gasteiger partial charge in [0.2, 0.25) is 0 Å². The first kappa shape index (κ1) is 10.4. The van der Waals surface area contributed by atoms with Gasteiger partial charge in [-0.3, -0.25) is 0 Å². The van der Waals surface area contributed by atoms with E-state index in [9.17, 15) is 0 Å². The zero-order valence-electron chi connectivity index (χ0n) is 8.78. The van der Waals surface area contributed by atoms with Crippen LogP contribution in [-0.4, -0.2) is 32.0 Å². The monoisotopic (exact) mass is 199 g/mol. The van der Waals surface area contributed by atoms with E-state index in [0.29, 0.717) is 18.1 Å². The van der Waals surface area contributed by atoms with Crippen molar-refractivity contribution in [1.29, 1.82) is 0 Å². The molecule has 2 saturated heterocycles. The first-order chi connectivity index (χ1) is 6.90. The second-order valence-electron chi connectivity index (χ2n) is 4.43. The number of ether oxygens (including phenoxy) is 2. The molecule has 3 unspecified atom stereocenters. The molecule has 2 aliphatic rings. The maximum Gasteiger partial charge on any atom is 0.0630 e. The molecule has 0 radical (unpaired) electrons. The number of hydrogen-bond acceptors (Lipinski definition) is 3. The molecule has 0 spiro atoms. The second-order valence-corrected chi connectivity index (χ2v) is 4.43. The molecule has 2 N–H and O–H groups in total. The number of rotatable bonds is 3. The molecule has 0 bridgehead atoms. The molecule has 2 heterocycles. The highest BCUT2D eigenvalue weighted by Gasteiger charge is 2.32. The first-order valence-electron chi connectivity index (χ1n) is 5.83. The first-order valence-corrected chi connectivity index (χ1v) is 5.83. The summed E-state index contributed by atoms with van der Waals surface area (Å²) in [6.07, 6.45) is 6.77. The molecule has 3 atom stereocenters. The lowest BCUT2D eigenvalue weighted by molar-refractivity contribution is -0.0446. The van der Waals surface area contributed by atoms with Crippen LogP contribution in [0.2, 0.25) is 0 Å². The van der Waals surface area contributed by atoms with Gasteiger partial charge in [-0.25, -0.2) is 0 Å². The fourth-order valence-electron chi connectivity index (χ4n) is 2.54. The molecule has 82 valence electrons. The van der Waals surface area contributed by atoms with Crippen molar-refractivity contribution >= 4 is 0 Å². The van der Waals surface area contributed by atoms with Gasteiger partial charge in [-0.1, -0.05) is 0 Å². The highest BCUT2D eigenvalue weighted by Crippen LogP contribution is 2.30. The molecular weight excluding hydrogens is 178 g/mol. The summed E-state index contributed by atoms with van der Waals surface area (Å²) in [5, 5.41) is 0. The van der Waals surface area contributed by atoms with Crippen molar-refractivity contribution in [3.63, 3.8) is 0 Å². The fourth-order valence-corrected chi connectivity index (χ4v) is 2.54. The highest BCUT2D eigenvalue weighted by atomic mass is 16.5. The van der Waals surface area contributed by atoms with Gasteiger partial charge < -0.3 is 15.2 Å². The molecule has 14 heavy (non-hydrogen) atoms. The normalized spacial score (nSPS) is 38.8. The van der Waals surface area contributed by atoms with E-state index in [1.807, 2.05) is 0 Å². The van der Waals surface area contributed by atoms with Gasteiger partial charge in [0.05, 0.1) is 18.8 Å². The zero-order valence-corrected chi connectivity index (χ0v) is 8.78. The van der Waals surface area contributed by atoms with Gasteiger partial charge >= 0.3 is 0 Å². The Labute approximate surface area is 85.9 Å². The molecule has 0 aromatic heterocycles. The minimum atomic E-state index is 0.423. The van der Waals surface area contributed by atoms with Crippen LogP contribution in [0.3, 0.4) is 0 Å². The summed E-state index contributed by atoms with van der Waals surface area (Å²) in [7, 11) is 0. The molecular formula is C11H21NO2. The maximum atomic E-state index is 5.98. The zero-order chi connectivity index (χ0) is 9.80. The second kappa shape index (κ2) is 5.10. The van der Waals surface area contributed by atoms with Crippen LogP contribution in [0.15, 0.2) is 0 Å². The van der Waals surface area contributed by atoms with E-state index in [2.05, 4.69) is 0 Å². The van der Waals surface area contributed by atoms with Crippen LogP contribution < -0.4 is 5.73 Å². The van der Waals surface area contributed by atoms with Crippen molar-refractivity contribution in [2.75, 3.05) is 19.8 Å². The summed E-state index contributed by atoms with van der Waals surface area (Å²) in [5.41, 5.74) is 5.53. The van der Waals surface area contributed by atoms with Crippen LogP contribution in [0.1, 0.15) is 32.1 Å². The van der Waals surface area contributed by atoms with E-state index in [4.69, 9.17) is 15.2 Å². The molecule has 2 fully saturated rings. The minimum absolute atomic E-state index is 0.423. The summed E-state index contributed by atoms with van der Waals surface area (Å²) < 4.78 is 11.5. The van der Waals surface area contributed by atoms with Gasteiger partial charge in [-0.2, -0.15) is 0 Å². The third-order valence-corrected chi connectivity index (χ3v) is 3.35. The van der Waals surface area contributed by atoms with E-state index in [0.717, 1.165) is 26.2 Å². The van der Waals surface area contributed by atoms with Crippen molar-refractivity contribution in [3.8, 4) is 0 Å². The van der Waals surface area contributed by atoms with E-state index >= 15 is 0 Å². The van der Waals surface area contributed by atoms with E-state index in [1.165, 1.54) is 25.7 Å².